The predicted molar refractivity (Wildman–Crippen MR) is 59.9 cm³/mol. The molecule has 18 heavy (non-hydrogen) atoms. The average Bonchev–Trinajstić information content (AvgIpc) is 2.66. The van der Waals surface area contributed by atoms with Crippen molar-refractivity contribution < 1.29 is 18.0 Å². The molecule has 0 aliphatic rings. The van der Waals surface area contributed by atoms with Gasteiger partial charge < -0.3 is 4.90 Å². The number of alkyl halides is 3. The van der Waals surface area contributed by atoms with Crippen molar-refractivity contribution in [2.45, 2.75) is 6.18 Å². The summed E-state index contributed by atoms with van der Waals surface area (Å²) in [6, 6.07) is 3.07. The Labute approximate surface area is 101 Å². The van der Waals surface area contributed by atoms with Crippen LogP contribution in [0.1, 0.15) is 16.3 Å². The van der Waals surface area contributed by atoms with E-state index in [0.29, 0.717) is 12.0 Å². The Bertz CT molecular complexity index is 601. The van der Waals surface area contributed by atoms with E-state index in [1.807, 2.05) is 0 Å². The van der Waals surface area contributed by atoms with E-state index < -0.39 is 12.0 Å². The van der Waals surface area contributed by atoms with Crippen LogP contribution in [0.5, 0.6) is 0 Å². The Morgan fingerprint density at radius 2 is 2.00 bits per heavy atom. The van der Waals surface area contributed by atoms with Crippen molar-refractivity contribution in [3.63, 3.8) is 0 Å². The lowest BCUT2D eigenvalue weighted by atomic mass is 10.3. The minimum Gasteiger partial charge on any atom is -0.376 e. The topological polar surface area (TPSA) is 37.6 Å². The lowest BCUT2D eigenvalue weighted by Crippen LogP contribution is -2.13. The van der Waals surface area contributed by atoms with E-state index in [0.717, 1.165) is 4.40 Å². The summed E-state index contributed by atoms with van der Waals surface area (Å²) in [6.45, 7) is 0. The van der Waals surface area contributed by atoms with E-state index in [1.165, 1.54) is 12.3 Å². The van der Waals surface area contributed by atoms with Crippen LogP contribution in [0.2, 0.25) is 0 Å². The summed E-state index contributed by atoms with van der Waals surface area (Å²) in [7, 11) is 3.43. The molecule has 0 N–H and O–H groups in total. The minimum atomic E-state index is -4.60. The molecule has 0 unspecified atom stereocenters. The van der Waals surface area contributed by atoms with Gasteiger partial charge in [0, 0.05) is 20.3 Å². The van der Waals surface area contributed by atoms with Crippen LogP contribution in [0, 0.1) is 0 Å². The second kappa shape index (κ2) is 4.01. The Hall–Kier alpha value is -2.05. The maximum Gasteiger partial charge on any atom is 0.450 e. The van der Waals surface area contributed by atoms with Gasteiger partial charge in [-0.25, -0.2) is 4.98 Å². The van der Waals surface area contributed by atoms with Gasteiger partial charge in [0.25, 0.3) is 0 Å². The average molecular weight is 257 g/mol. The summed E-state index contributed by atoms with van der Waals surface area (Å²) in [4.78, 5) is 15.7. The number of hydrogen-bond donors (Lipinski definition) is 0. The predicted octanol–water partition coefficient (Wildman–Crippen LogP) is 2.23. The van der Waals surface area contributed by atoms with Crippen LogP contribution >= 0.6 is 0 Å². The summed E-state index contributed by atoms with van der Waals surface area (Å²) in [5, 5.41) is 0. The molecule has 0 aromatic carbocycles. The summed E-state index contributed by atoms with van der Waals surface area (Å²) in [6.07, 6.45) is -2.98. The summed E-state index contributed by atoms with van der Waals surface area (Å²) in [5.41, 5.74) is 0.512. The van der Waals surface area contributed by atoms with Crippen LogP contribution in [-0.2, 0) is 6.18 Å². The van der Waals surface area contributed by atoms with Crippen molar-refractivity contribution in [2.75, 3.05) is 19.0 Å². The normalized spacial score (nSPS) is 11.8. The van der Waals surface area contributed by atoms with Gasteiger partial charge in [0.2, 0.25) is 5.82 Å². The van der Waals surface area contributed by atoms with Crippen LogP contribution in [-0.4, -0.2) is 29.8 Å². The molecule has 2 rings (SSSR count). The molecular weight excluding hydrogens is 247 g/mol. The second-order valence-electron chi connectivity index (χ2n) is 3.97. The fourth-order valence-corrected chi connectivity index (χ4v) is 1.65. The number of fused-ring (bicyclic) bond motifs is 1. The van der Waals surface area contributed by atoms with Crippen molar-refractivity contribution >= 4 is 17.5 Å². The Balaban J connectivity index is 2.78. The number of rotatable bonds is 2. The number of halogens is 3. The third kappa shape index (κ3) is 1.92. The van der Waals surface area contributed by atoms with Crippen molar-refractivity contribution in [1.29, 1.82) is 0 Å². The van der Waals surface area contributed by atoms with Gasteiger partial charge >= 0.3 is 6.18 Å². The van der Waals surface area contributed by atoms with Gasteiger partial charge in [0.1, 0.15) is 5.69 Å². The molecule has 96 valence electrons. The van der Waals surface area contributed by atoms with Crippen molar-refractivity contribution in [2.24, 2.45) is 0 Å². The Morgan fingerprint density at radius 1 is 1.33 bits per heavy atom. The highest BCUT2D eigenvalue weighted by atomic mass is 19.4. The Kier molecular flexibility index (Phi) is 2.76. The molecule has 2 heterocycles. The van der Waals surface area contributed by atoms with E-state index in [-0.39, 0.29) is 11.2 Å². The monoisotopic (exact) mass is 257 g/mol. The van der Waals surface area contributed by atoms with Gasteiger partial charge in [-0.2, -0.15) is 13.2 Å². The molecule has 7 heteroatoms. The molecule has 0 saturated carbocycles. The van der Waals surface area contributed by atoms with E-state index in [9.17, 15) is 18.0 Å². The number of imidazole rings is 1. The molecule has 0 spiro atoms. The first-order valence-corrected chi connectivity index (χ1v) is 5.06. The largest absolute Gasteiger partial charge is 0.450 e. The van der Waals surface area contributed by atoms with Crippen molar-refractivity contribution in [3.05, 3.63) is 29.8 Å². The van der Waals surface area contributed by atoms with Crippen LogP contribution in [0.25, 0.3) is 5.52 Å². The Morgan fingerprint density at radius 3 is 2.50 bits per heavy atom. The van der Waals surface area contributed by atoms with Crippen molar-refractivity contribution in [3.8, 4) is 0 Å². The number of aldehydes is 1. The quantitative estimate of drug-likeness (QED) is 0.774. The second-order valence-corrected chi connectivity index (χ2v) is 3.97. The third-order valence-corrected chi connectivity index (χ3v) is 2.53. The zero-order valence-corrected chi connectivity index (χ0v) is 9.69. The highest BCUT2D eigenvalue weighted by Crippen LogP contribution is 2.30. The molecule has 2 aromatic rings. The fourth-order valence-electron chi connectivity index (χ4n) is 1.65. The maximum atomic E-state index is 12.8. The molecule has 2 aromatic heterocycles. The van der Waals surface area contributed by atoms with Gasteiger partial charge in [0.15, 0.2) is 6.29 Å². The van der Waals surface area contributed by atoms with Gasteiger partial charge in [-0.3, -0.25) is 9.20 Å². The highest BCUT2D eigenvalue weighted by Gasteiger charge is 2.37. The third-order valence-electron chi connectivity index (χ3n) is 2.53. The zero-order valence-electron chi connectivity index (χ0n) is 9.69. The lowest BCUT2D eigenvalue weighted by molar-refractivity contribution is -0.145. The molecule has 0 aliphatic heterocycles. The number of hydrogen-bond acceptors (Lipinski definition) is 3. The maximum absolute atomic E-state index is 12.8. The summed E-state index contributed by atoms with van der Waals surface area (Å²) in [5.74, 6) is -1.09. The molecule has 0 amide bonds. The minimum absolute atomic E-state index is 0.142. The summed E-state index contributed by atoms with van der Waals surface area (Å²) < 4.78 is 39.3. The first-order valence-electron chi connectivity index (χ1n) is 5.06. The van der Waals surface area contributed by atoms with Crippen LogP contribution in [0.15, 0.2) is 18.3 Å². The fraction of sp³-hybridized carbons (Fsp3) is 0.273. The summed E-state index contributed by atoms with van der Waals surface area (Å²) >= 11 is 0. The number of anilines is 1. The molecule has 0 bridgehead atoms. The van der Waals surface area contributed by atoms with E-state index >= 15 is 0 Å². The van der Waals surface area contributed by atoms with Crippen LogP contribution in [0.3, 0.4) is 0 Å². The highest BCUT2D eigenvalue weighted by molar-refractivity contribution is 5.84. The lowest BCUT2D eigenvalue weighted by Gasteiger charge is -2.13. The SMILES string of the molecule is CN(C)c1ccc2c(C=O)nc(C(F)(F)F)n2c1. The van der Waals surface area contributed by atoms with Crippen LogP contribution in [0.4, 0.5) is 18.9 Å². The van der Waals surface area contributed by atoms with E-state index in [4.69, 9.17) is 0 Å². The molecule has 0 fully saturated rings. The number of aromatic nitrogens is 2. The molecular formula is C11H10F3N3O. The molecule has 0 aliphatic carbocycles. The van der Waals surface area contributed by atoms with E-state index in [1.54, 1.807) is 25.1 Å². The zero-order chi connectivity index (χ0) is 13.5. The standard InChI is InChI=1S/C11H10F3N3O/c1-16(2)7-3-4-9-8(6-18)15-10(11(12,13)14)17(9)5-7/h3-6H,1-2H3. The smallest absolute Gasteiger partial charge is 0.376 e. The number of carbonyl (C=O) groups excluding carboxylic acids is 1. The van der Waals surface area contributed by atoms with Crippen LogP contribution < -0.4 is 4.90 Å². The first kappa shape index (κ1) is 12.4. The molecule has 4 nitrogen and oxygen atoms in total. The number of nitrogens with zero attached hydrogens (tertiary/aromatic N) is 3. The molecule has 0 radical (unpaired) electrons. The van der Waals surface area contributed by atoms with E-state index in [2.05, 4.69) is 4.98 Å². The van der Waals surface area contributed by atoms with Gasteiger partial charge in [-0.05, 0) is 12.1 Å². The number of pyridine rings is 1. The van der Waals surface area contributed by atoms with Gasteiger partial charge in [0.05, 0.1) is 11.2 Å². The molecule has 0 saturated heterocycles. The molecule has 0 atom stereocenters. The van der Waals surface area contributed by atoms with Crippen molar-refractivity contribution in [1.82, 2.24) is 9.38 Å². The first-order chi connectivity index (χ1) is 8.34. The van der Waals surface area contributed by atoms with Gasteiger partial charge in [-0.15, -0.1) is 0 Å². The number of carbonyl (C=O) groups is 1. The van der Waals surface area contributed by atoms with Gasteiger partial charge in [-0.1, -0.05) is 0 Å².